The first-order valence-corrected chi connectivity index (χ1v) is 6.87. The fourth-order valence-electron chi connectivity index (χ4n) is 2.73. The number of nitrogens with zero attached hydrogens (tertiary/aromatic N) is 2. The first-order valence-electron chi connectivity index (χ1n) is 6.87. The van der Waals surface area contributed by atoms with Crippen molar-refractivity contribution >= 4 is 12.0 Å². The number of halogens is 3. The molecule has 2 rings (SSSR count). The summed E-state index contributed by atoms with van der Waals surface area (Å²) in [5, 5.41) is 0. The van der Waals surface area contributed by atoms with Crippen molar-refractivity contribution in [2.45, 2.75) is 32.1 Å². The van der Waals surface area contributed by atoms with Crippen LogP contribution in [0.1, 0.15) is 29.8 Å². The Hall–Kier alpha value is -1.56. The Morgan fingerprint density at radius 3 is 2.24 bits per heavy atom. The number of benzene rings is 1. The molecule has 0 N–H and O–H groups in total. The Balaban J connectivity index is 2.41. The van der Waals surface area contributed by atoms with Gasteiger partial charge in [-0.25, -0.2) is 0 Å². The molecule has 0 amide bonds. The van der Waals surface area contributed by atoms with Gasteiger partial charge in [0.1, 0.15) is 6.29 Å². The average Bonchev–Trinajstić information content (AvgIpc) is 2.42. The monoisotopic (exact) mass is 300 g/mol. The van der Waals surface area contributed by atoms with Crippen LogP contribution in [0.15, 0.2) is 18.2 Å². The highest BCUT2D eigenvalue weighted by molar-refractivity contribution is 5.77. The van der Waals surface area contributed by atoms with Gasteiger partial charge in [0.05, 0.1) is 5.56 Å². The van der Waals surface area contributed by atoms with E-state index in [2.05, 4.69) is 4.90 Å². The molecular weight excluding hydrogens is 281 g/mol. The van der Waals surface area contributed by atoms with Gasteiger partial charge in [0.25, 0.3) is 0 Å². The van der Waals surface area contributed by atoms with E-state index in [0.29, 0.717) is 19.4 Å². The number of carbonyl (C=O) groups is 1. The molecule has 1 aliphatic heterocycles. The van der Waals surface area contributed by atoms with Crippen LogP contribution in [0.25, 0.3) is 0 Å². The predicted molar refractivity (Wildman–Crippen MR) is 75.7 cm³/mol. The van der Waals surface area contributed by atoms with Crippen LogP contribution in [-0.4, -0.2) is 43.4 Å². The zero-order valence-electron chi connectivity index (χ0n) is 12.3. The number of rotatable bonds is 2. The number of alkyl halides is 3. The van der Waals surface area contributed by atoms with Crippen LogP contribution in [0.2, 0.25) is 0 Å². The van der Waals surface area contributed by atoms with E-state index >= 15 is 0 Å². The Labute approximate surface area is 122 Å². The van der Waals surface area contributed by atoms with Crippen molar-refractivity contribution in [3.63, 3.8) is 0 Å². The zero-order chi connectivity index (χ0) is 15.8. The fraction of sp³-hybridized carbons (Fsp3) is 0.533. The minimum atomic E-state index is -4.47. The number of aldehydes is 1. The van der Waals surface area contributed by atoms with E-state index in [1.54, 1.807) is 4.90 Å². The predicted octanol–water partition coefficient (Wildman–Crippen LogP) is 3.05. The molecule has 0 saturated carbocycles. The number of hydrogen-bond acceptors (Lipinski definition) is 3. The normalized spacial score (nSPS) is 24.2. The summed E-state index contributed by atoms with van der Waals surface area (Å²) in [5.41, 5.74) is -0.544. The lowest BCUT2D eigenvalue weighted by Gasteiger charge is -2.44. The van der Waals surface area contributed by atoms with Crippen LogP contribution in [0.4, 0.5) is 18.9 Å². The van der Waals surface area contributed by atoms with Crippen molar-refractivity contribution < 1.29 is 18.0 Å². The Morgan fingerprint density at radius 2 is 1.76 bits per heavy atom. The summed E-state index contributed by atoms with van der Waals surface area (Å²) in [6.45, 7) is 5.06. The number of hydrogen-bond donors (Lipinski definition) is 0. The van der Waals surface area contributed by atoms with Crippen molar-refractivity contribution in [1.82, 2.24) is 4.90 Å². The smallest absolute Gasteiger partial charge is 0.368 e. The van der Waals surface area contributed by atoms with Crippen LogP contribution in [-0.2, 0) is 6.18 Å². The molecule has 1 aromatic rings. The molecule has 1 fully saturated rings. The van der Waals surface area contributed by atoms with E-state index in [1.165, 1.54) is 12.1 Å². The van der Waals surface area contributed by atoms with Gasteiger partial charge in [-0.1, -0.05) is 0 Å². The number of anilines is 1. The van der Waals surface area contributed by atoms with Gasteiger partial charge in [-0.05, 0) is 39.1 Å². The minimum absolute atomic E-state index is 0.0429. The van der Waals surface area contributed by atoms with Crippen LogP contribution in [0, 0.1) is 0 Å². The summed E-state index contributed by atoms with van der Waals surface area (Å²) in [5.74, 6) is 0. The van der Waals surface area contributed by atoms with E-state index in [-0.39, 0.29) is 23.3 Å². The molecule has 0 spiro atoms. The first kappa shape index (κ1) is 15.8. The van der Waals surface area contributed by atoms with E-state index in [9.17, 15) is 18.0 Å². The maximum absolute atomic E-state index is 13.2. The van der Waals surface area contributed by atoms with E-state index in [1.807, 2.05) is 20.9 Å². The topological polar surface area (TPSA) is 23.6 Å². The molecule has 116 valence electrons. The molecule has 0 aliphatic carbocycles. The van der Waals surface area contributed by atoms with Crippen molar-refractivity contribution in [1.29, 1.82) is 0 Å². The first-order chi connectivity index (χ1) is 9.74. The Bertz CT molecular complexity index is 518. The SMILES string of the molecule is CC1CN(c2ccc(C=O)cc2C(F)(F)F)CC(C)N1C. The van der Waals surface area contributed by atoms with E-state index in [4.69, 9.17) is 0 Å². The van der Waals surface area contributed by atoms with E-state index in [0.717, 1.165) is 6.07 Å². The molecule has 1 saturated heterocycles. The summed E-state index contributed by atoms with van der Waals surface area (Å²) in [6.07, 6.45) is -4.03. The molecule has 1 heterocycles. The van der Waals surface area contributed by atoms with Crippen molar-refractivity contribution in [2.75, 3.05) is 25.0 Å². The largest absolute Gasteiger partial charge is 0.418 e. The average molecular weight is 300 g/mol. The second-order valence-corrected chi connectivity index (χ2v) is 5.66. The molecule has 1 aromatic carbocycles. The molecule has 0 aromatic heterocycles. The second-order valence-electron chi connectivity index (χ2n) is 5.66. The maximum Gasteiger partial charge on any atom is 0.418 e. The second kappa shape index (κ2) is 5.67. The van der Waals surface area contributed by atoms with Gasteiger partial charge in [0.15, 0.2) is 0 Å². The van der Waals surface area contributed by atoms with Gasteiger partial charge in [-0.15, -0.1) is 0 Å². The zero-order valence-corrected chi connectivity index (χ0v) is 12.3. The number of piperazine rings is 1. The highest BCUT2D eigenvalue weighted by atomic mass is 19.4. The van der Waals surface area contributed by atoms with Crippen LogP contribution in [0.5, 0.6) is 0 Å². The molecule has 21 heavy (non-hydrogen) atoms. The highest BCUT2D eigenvalue weighted by Gasteiger charge is 2.37. The van der Waals surface area contributed by atoms with E-state index < -0.39 is 11.7 Å². The summed E-state index contributed by atoms with van der Waals surface area (Å²) in [4.78, 5) is 14.6. The molecule has 2 atom stereocenters. The summed E-state index contributed by atoms with van der Waals surface area (Å²) in [7, 11) is 1.98. The molecule has 6 heteroatoms. The fourth-order valence-corrected chi connectivity index (χ4v) is 2.73. The number of carbonyl (C=O) groups excluding carboxylic acids is 1. The van der Waals surface area contributed by atoms with Gasteiger partial charge < -0.3 is 4.90 Å². The van der Waals surface area contributed by atoms with Crippen LogP contribution in [0.3, 0.4) is 0 Å². The van der Waals surface area contributed by atoms with Gasteiger partial charge in [-0.3, -0.25) is 9.69 Å². The molecule has 2 unspecified atom stereocenters. The lowest BCUT2D eigenvalue weighted by molar-refractivity contribution is -0.137. The quantitative estimate of drug-likeness (QED) is 0.784. The van der Waals surface area contributed by atoms with Crippen molar-refractivity contribution in [3.05, 3.63) is 29.3 Å². The third-order valence-corrected chi connectivity index (χ3v) is 4.16. The maximum atomic E-state index is 13.2. The summed E-state index contributed by atoms with van der Waals surface area (Å²) in [6, 6.07) is 4.10. The molecule has 0 radical (unpaired) electrons. The summed E-state index contributed by atoms with van der Waals surface area (Å²) < 4.78 is 39.7. The van der Waals surface area contributed by atoms with Gasteiger partial charge in [-0.2, -0.15) is 13.2 Å². The molecule has 0 bridgehead atoms. The highest BCUT2D eigenvalue weighted by Crippen LogP contribution is 2.38. The molecule has 3 nitrogen and oxygen atoms in total. The van der Waals surface area contributed by atoms with Gasteiger partial charge in [0, 0.05) is 36.4 Å². The third kappa shape index (κ3) is 3.20. The lowest BCUT2D eigenvalue weighted by Crippen LogP contribution is -2.55. The van der Waals surface area contributed by atoms with Crippen molar-refractivity contribution in [3.8, 4) is 0 Å². The Morgan fingerprint density at radius 1 is 1.19 bits per heavy atom. The Kier molecular flexibility index (Phi) is 4.27. The van der Waals surface area contributed by atoms with Crippen LogP contribution < -0.4 is 4.90 Å². The lowest BCUT2D eigenvalue weighted by atomic mass is 10.0. The minimum Gasteiger partial charge on any atom is -0.368 e. The molecule has 1 aliphatic rings. The third-order valence-electron chi connectivity index (χ3n) is 4.16. The van der Waals surface area contributed by atoms with Gasteiger partial charge >= 0.3 is 6.18 Å². The number of likely N-dealkylation sites (N-methyl/N-ethyl adjacent to an activating group) is 1. The summed E-state index contributed by atoms with van der Waals surface area (Å²) >= 11 is 0. The van der Waals surface area contributed by atoms with Crippen LogP contribution >= 0.6 is 0 Å². The van der Waals surface area contributed by atoms with Gasteiger partial charge in [0.2, 0.25) is 0 Å². The molecular formula is C15H19F3N2O. The standard InChI is InChI=1S/C15H19F3N2O/c1-10-7-20(8-11(2)19(10)3)14-5-4-12(9-21)6-13(14)15(16,17)18/h4-6,9-11H,7-8H2,1-3H3. The van der Waals surface area contributed by atoms with Crippen molar-refractivity contribution in [2.24, 2.45) is 0 Å².